The van der Waals surface area contributed by atoms with E-state index in [1.165, 1.54) is 24.2 Å². The molecule has 0 bridgehead atoms. The average molecular weight is 359 g/mol. The first-order chi connectivity index (χ1) is 8.18. The summed E-state index contributed by atoms with van der Waals surface area (Å²) in [6, 6.07) is 6.61. The molecule has 1 aromatic carbocycles. The summed E-state index contributed by atoms with van der Waals surface area (Å²) < 4.78 is 0.869. The fraction of sp³-hybridized carbons (Fsp3) is 0. The molecule has 5 nitrogen and oxygen atoms in total. The standard InChI is InChI=1S/C10H6IN3O2S/c11-7-5-12-6-13-10(7)17-9-4-2-1-3-8(9)14(15)16/h1-6H. The summed E-state index contributed by atoms with van der Waals surface area (Å²) in [5.74, 6) is 0. The van der Waals surface area contributed by atoms with Crippen LogP contribution in [-0.2, 0) is 0 Å². The highest BCUT2D eigenvalue weighted by Crippen LogP contribution is 2.34. The molecule has 2 aromatic rings. The van der Waals surface area contributed by atoms with Crippen molar-refractivity contribution in [1.82, 2.24) is 9.97 Å². The Kier molecular flexibility index (Phi) is 3.89. The van der Waals surface area contributed by atoms with Crippen molar-refractivity contribution in [3.63, 3.8) is 0 Å². The molecule has 1 heterocycles. The van der Waals surface area contributed by atoms with Gasteiger partial charge in [0.1, 0.15) is 11.4 Å². The van der Waals surface area contributed by atoms with Crippen LogP contribution in [0.15, 0.2) is 46.7 Å². The van der Waals surface area contributed by atoms with E-state index in [0.29, 0.717) is 4.90 Å². The van der Waals surface area contributed by atoms with E-state index >= 15 is 0 Å². The van der Waals surface area contributed by atoms with Gasteiger partial charge in [0, 0.05) is 12.3 Å². The largest absolute Gasteiger partial charge is 0.283 e. The van der Waals surface area contributed by atoms with Crippen LogP contribution in [0.2, 0.25) is 0 Å². The van der Waals surface area contributed by atoms with Gasteiger partial charge in [0.25, 0.3) is 5.69 Å². The SMILES string of the molecule is O=[N+]([O-])c1ccccc1Sc1ncncc1I. The summed E-state index contributed by atoms with van der Waals surface area (Å²) in [6.07, 6.45) is 3.10. The smallest absolute Gasteiger partial charge is 0.258 e. The van der Waals surface area contributed by atoms with E-state index in [1.54, 1.807) is 24.4 Å². The summed E-state index contributed by atoms with van der Waals surface area (Å²) >= 11 is 3.37. The Balaban J connectivity index is 2.37. The summed E-state index contributed by atoms with van der Waals surface area (Å²) in [5, 5.41) is 11.6. The van der Waals surface area contributed by atoms with Crippen LogP contribution in [0.4, 0.5) is 5.69 Å². The Labute approximate surface area is 115 Å². The maximum atomic E-state index is 10.9. The second-order valence-corrected chi connectivity index (χ2v) is 5.20. The quantitative estimate of drug-likeness (QED) is 0.365. The number of nitrogens with zero attached hydrogens (tertiary/aromatic N) is 3. The number of halogens is 1. The van der Waals surface area contributed by atoms with Gasteiger partial charge < -0.3 is 0 Å². The first kappa shape index (κ1) is 12.2. The van der Waals surface area contributed by atoms with Gasteiger partial charge in [-0.15, -0.1) is 0 Å². The Morgan fingerprint density at radius 2 is 2.12 bits per heavy atom. The van der Waals surface area contributed by atoms with Gasteiger partial charge in [0.05, 0.1) is 13.4 Å². The number of hydrogen-bond acceptors (Lipinski definition) is 5. The Morgan fingerprint density at radius 3 is 2.82 bits per heavy atom. The van der Waals surface area contributed by atoms with E-state index in [0.717, 1.165) is 8.60 Å². The molecule has 0 atom stereocenters. The predicted octanol–water partition coefficient (Wildman–Crippen LogP) is 3.14. The fourth-order valence-corrected chi connectivity index (χ4v) is 2.66. The van der Waals surface area contributed by atoms with Crippen molar-refractivity contribution in [3.8, 4) is 0 Å². The topological polar surface area (TPSA) is 68.9 Å². The highest BCUT2D eigenvalue weighted by molar-refractivity contribution is 14.1. The molecule has 17 heavy (non-hydrogen) atoms. The number of benzene rings is 1. The third kappa shape index (κ3) is 2.91. The van der Waals surface area contributed by atoms with Crippen LogP contribution < -0.4 is 0 Å². The highest BCUT2D eigenvalue weighted by atomic mass is 127. The maximum Gasteiger partial charge on any atom is 0.283 e. The lowest BCUT2D eigenvalue weighted by molar-refractivity contribution is -0.387. The van der Waals surface area contributed by atoms with Gasteiger partial charge in [-0.25, -0.2) is 9.97 Å². The lowest BCUT2D eigenvalue weighted by Gasteiger charge is -2.02. The number of nitro groups is 1. The molecule has 2 rings (SSSR count). The molecular formula is C10H6IN3O2S. The maximum absolute atomic E-state index is 10.9. The van der Waals surface area contributed by atoms with Crippen molar-refractivity contribution in [3.05, 3.63) is 50.5 Å². The first-order valence-corrected chi connectivity index (χ1v) is 6.45. The zero-order valence-electron chi connectivity index (χ0n) is 8.41. The molecule has 1 aromatic heterocycles. The molecule has 0 saturated heterocycles. The first-order valence-electron chi connectivity index (χ1n) is 4.55. The van der Waals surface area contributed by atoms with Crippen molar-refractivity contribution >= 4 is 40.0 Å². The van der Waals surface area contributed by atoms with Crippen LogP contribution in [0.3, 0.4) is 0 Å². The normalized spacial score (nSPS) is 10.2. The number of aromatic nitrogens is 2. The second-order valence-electron chi connectivity index (χ2n) is 3.00. The third-order valence-electron chi connectivity index (χ3n) is 1.90. The summed E-state index contributed by atoms with van der Waals surface area (Å²) in [7, 11) is 0. The van der Waals surface area contributed by atoms with E-state index < -0.39 is 4.92 Å². The summed E-state index contributed by atoms with van der Waals surface area (Å²) in [4.78, 5) is 19.0. The van der Waals surface area contributed by atoms with Gasteiger partial charge in [-0.1, -0.05) is 23.9 Å². The van der Waals surface area contributed by atoms with E-state index in [2.05, 4.69) is 32.6 Å². The lowest BCUT2D eigenvalue weighted by atomic mass is 10.3. The van der Waals surface area contributed by atoms with Gasteiger partial charge in [-0.2, -0.15) is 0 Å². The molecule has 0 saturated carbocycles. The molecule has 0 spiro atoms. The van der Waals surface area contributed by atoms with Crippen molar-refractivity contribution in [1.29, 1.82) is 0 Å². The van der Waals surface area contributed by atoms with Gasteiger partial charge in [-0.3, -0.25) is 10.1 Å². The summed E-state index contributed by atoms with van der Waals surface area (Å²) in [6.45, 7) is 0. The number of rotatable bonds is 3. The van der Waals surface area contributed by atoms with Crippen LogP contribution in [0.25, 0.3) is 0 Å². The van der Waals surface area contributed by atoms with Crippen LogP contribution in [0.1, 0.15) is 0 Å². The minimum atomic E-state index is -0.392. The van der Waals surface area contributed by atoms with E-state index in [4.69, 9.17) is 0 Å². The van der Waals surface area contributed by atoms with Crippen LogP contribution in [0, 0.1) is 13.7 Å². The monoisotopic (exact) mass is 359 g/mol. The zero-order valence-corrected chi connectivity index (χ0v) is 11.4. The molecule has 7 heteroatoms. The molecule has 86 valence electrons. The number of para-hydroxylation sites is 1. The van der Waals surface area contributed by atoms with Gasteiger partial charge in [0.2, 0.25) is 0 Å². The lowest BCUT2D eigenvalue weighted by Crippen LogP contribution is -1.92. The van der Waals surface area contributed by atoms with Crippen molar-refractivity contribution in [2.24, 2.45) is 0 Å². The van der Waals surface area contributed by atoms with Crippen LogP contribution in [0.5, 0.6) is 0 Å². The van der Waals surface area contributed by atoms with E-state index in [9.17, 15) is 10.1 Å². The van der Waals surface area contributed by atoms with Crippen molar-refractivity contribution < 1.29 is 4.92 Å². The van der Waals surface area contributed by atoms with Crippen molar-refractivity contribution in [2.45, 2.75) is 9.92 Å². The zero-order chi connectivity index (χ0) is 12.3. The molecular weight excluding hydrogens is 353 g/mol. The molecule has 0 amide bonds. The molecule has 0 aliphatic carbocycles. The third-order valence-corrected chi connectivity index (χ3v) is 4.14. The molecule has 0 aliphatic heterocycles. The molecule has 0 radical (unpaired) electrons. The number of nitro benzene ring substituents is 1. The Hall–Kier alpha value is -1.22. The predicted molar refractivity (Wildman–Crippen MR) is 72.0 cm³/mol. The van der Waals surface area contributed by atoms with Gasteiger partial charge in [-0.05, 0) is 28.7 Å². The van der Waals surface area contributed by atoms with E-state index in [-0.39, 0.29) is 5.69 Å². The minimum Gasteiger partial charge on any atom is -0.258 e. The molecule has 0 fully saturated rings. The Morgan fingerprint density at radius 1 is 1.35 bits per heavy atom. The highest BCUT2D eigenvalue weighted by Gasteiger charge is 2.15. The van der Waals surface area contributed by atoms with Crippen molar-refractivity contribution in [2.75, 3.05) is 0 Å². The molecule has 0 N–H and O–H groups in total. The number of hydrogen-bond donors (Lipinski definition) is 0. The average Bonchev–Trinajstić information content (AvgIpc) is 2.32. The van der Waals surface area contributed by atoms with Crippen LogP contribution in [-0.4, -0.2) is 14.9 Å². The van der Waals surface area contributed by atoms with Crippen LogP contribution >= 0.6 is 34.4 Å². The Bertz CT molecular complexity index is 565. The molecule has 0 aliphatic rings. The van der Waals surface area contributed by atoms with Gasteiger partial charge >= 0.3 is 0 Å². The summed E-state index contributed by atoms with van der Waals surface area (Å²) in [5.41, 5.74) is 0.0897. The van der Waals surface area contributed by atoms with Gasteiger partial charge in [0.15, 0.2) is 0 Å². The second kappa shape index (κ2) is 5.41. The minimum absolute atomic E-state index is 0.0897. The molecule has 0 unspecified atom stereocenters. The fourth-order valence-electron chi connectivity index (χ4n) is 1.17. The van der Waals surface area contributed by atoms with E-state index in [1.807, 2.05) is 0 Å².